The summed E-state index contributed by atoms with van der Waals surface area (Å²) in [5.41, 5.74) is 0.990. The van der Waals surface area contributed by atoms with Gasteiger partial charge in [0.05, 0.1) is 0 Å². The van der Waals surface area contributed by atoms with Crippen LogP contribution in [0.15, 0.2) is 23.1 Å². The molecule has 1 saturated heterocycles. The minimum Gasteiger partial charge on any atom is -0.316 e. The molecule has 0 aromatic carbocycles. The Morgan fingerprint density at radius 2 is 2.47 bits per heavy atom. The van der Waals surface area contributed by atoms with Gasteiger partial charge >= 0.3 is 0 Å². The van der Waals surface area contributed by atoms with Crippen LogP contribution >= 0.6 is 0 Å². The topological polar surface area (TPSA) is 34.0 Å². The third kappa shape index (κ3) is 2.48. The van der Waals surface area contributed by atoms with E-state index in [0.717, 1.165) is 25.2 Å². The van der Waals surface area contributed by atoms with Crippen molar-refractivity contribution in [3.63, 3.8) is 0 Å². The summed E-state index contributed by atoms with van der Waals surface area (Å²) in [6.45, 7) is 4.89. The summed E-state index contributed by atoms with van der Waals surface area (Å²) in [7, 11) is 0. The molecule has 0 aliphatic carbocycles. The van der Waals surface area contributed by atoms with Crippen LogP contribution in [0.25, 0.3) is 0 Å². The second-order valence-corrected chi connectivity index (χ2v) is 4.36. The largest absolute Gasteiger partial charge is 0.316 e. The van der Waals surface area contributed by atoms with E-state index in [9.17, 15) is 4.79 Å². The molecular formula is C12H18N2O. The van der Waals surface area contributed by atoms with E-state index in [-0.39, 0.29) is 5.56 Å². The number of rotatable bonds is 2. The fraction of sp³-hybridized carbons (Fsp3) is 0.583. The fourth-order valence-electron chi connectivity index (χ4n) is 2.16. The lowest BCUT2D eigenvalue weighted by Crippen LogP contribution is -2.34. The van der Waals surface area contributed by atoms with Gasteiger partial charge in [0.15, 0.2) is 0 Å². The second-order valence-electron chi connectivity index (χ2n) is 4.36. The SMILES string of the molecule is Cc1cccn(CC2CCCNC2)c1=O. The van der Waals surface area contributed by atoms with Crippen molar-refractivity contribution in [1.82, 2.24) is 9.88 Å². The van der Waals surface area contributed by atoms with Gasteiger partial charge in [0.2, 0.25) is 0 Å². The van der Waals surface area contributed by atoms with Crippen molar-refractivity contribution in [2.24, 2.45) is 5.92 Å². The molecule has 2 rings (SSSR count). The maximum Gasteiger partial charge on any atom is 0.253 e. The highest BCUT2D eigenvalue weighted by Crippen LogP contribution is 2.11. The normalized spacial score (nSPS) is 21.5. The van der Waals surface area contributed by atoms with E-state index in [4.69, 9.17) is 0 Å². The van der Waals surface area contributed by atoms with Gasteiger partial charge in [0.1, 0.15) is 0 Å². The Hall–Kier alpha value is -1.09. The predicted molar refractivity (Wildman–Crippen MR) is 61.0 cm³/mol. The lowest BCUT2D eigenvalue weighted by molar-refractivity contribution is 0.333. The van der Waals surface area contributed by atoms with Crippen molar-refractivity contribution >= 4 is 0 Å². The summed E-state index contributed by atoms with van der Waals surface area (Å²) < 4.78 is 1.84. The molecule has 1 unspecified atom stereocenters. The van der Waals surface area contributed by atoms with Crippen LogP contribution in [0.5, 0.6) is 0 Å². The van der Waals surface area contributed by atoms with Gasteiger partial charge in [-0.1, -0.05) is 6.07 Å². The molecule has 1 fully saturated rings. The first-order valence-electron chi connectivity index (χ1n) is 5.64. The van der Waals surface area contributed by atoms with Gasteiger partial charge in [0, 0.05) is 18.3 Å². The van der Waals surface area contributed by atoms with Crippen LogP contribution in [0.2, 0.25) is 0 Å². The Morgan fingerprint density at radius 3 is 3.20 bits per heavy atom. The average Bonchev–Trinajstić information content (AvgIpc) is 2.26. The van der Waals surface area contributed by atoms with Crippen LogP contribution in [0.4, 0.5) is 0 Å². The molecule has 0 saturated carbocycles. The van der Waals surface area contributed by atoms with Crippen LogP contribution in [0, 0.1) is 12.8 Å². The molecule has 82 valence electrons. The van der Waals surface area contributed by atoms with Crippen LogP contribution < -0.4 is 10.9 Å². The van der Waals surface area contributed by atoms with E-state index in [1.165, 1.54) is 12.8 Å². The molecule has 0 bridgehead atoms. The minimum absolute atomic E-state index is 0.156. The maximum atomic E-state index is 11.8. The van der Waals surface area contributed by atoms with Crippen molar-refractivity contribution in [1.29, 1.82) is 0 Å². The first-order chi connectivity index (χ1) is 7.27. The first-order valence-corrected chi connectivity index (χ1v) is 5.64. The summed E-state index contributed by atoms with van der Waals surface area (Å²) in [6.07, 6.45) is 4.35. The van der Waals surface area contributed by atoms with E-state index in [2.05, 4.69) is 5.32 Å². The third-order valence-corrected chi connectivity index (χ3v) is 3.06. The lowest BCUT2D eigenvalue weighted by atomic mass is 9.99. The minimum atomic E-state index is 0.156. The summed E-state index contributed by atoms with van der Waals surface area (Å²) >= 11 is 0. The summed E-state index contributed by atoms with van der Waals surface area (Å²) in [5, 5.41) is 3.37. The van der Waals surface area contributed by atoms with Gasteiger partial charge in [-0.15, -0.1) is 0 Å². The predicted octanol–water partition coefficient (Wildman–Crippen LogP) is 1.16. The molecule has 3 heteroatoms. The monoisotopic (exact) mass is 206 g/mol. The maximum absolute atomic E-state index is 11.8. The Balaban J connectivity index is 2.09. The molecule has 1 aliphatic rings. The number of nitrogens with zero attached hydrogens (tertiary/aromatic N) is 1. The van der Waals surface area contributed by atoms with Crippen LogP contribution in [0.3, 0.4) is 0 Å². The molecule has 1 aliphatic heterocycles. The molecule has 1 aromatic rings. The highest BCUT2D eigenvalue weighted by atomic mass is 16.1. The standard InChI is InChI=1S/C12H18N2O/c1-10-4-3-7-14(12(10)15)9-11-5-2-6-13-8-11/h3-4,7,11,13H,2,5-6,8-9H2,1H3. The Morgan fingerprint density at radius 1 is 1.60 bits per heavy atom. The van der Waals surface area contributed by atoms with E-state index >= 15 is 0 Å². The molecule has 0 amide bonds. The van der Waals surface area contributed by atoms with Crippen molar-refractivity contribution < 1.29 is 0 Å². The molecule has 1 N–H and O–H groups in total. The zero-order valence-corrected chi connectivity index (χ0v) is 9.20. The molecule has 15 heavy (non-hydrogen) atoms. The highest BCUT2D eigenvalue weighted by molar-refractivity contribution is 5.07. The summed E-state index contributed by atoms with van der Waals surface area (Å²) in [4.78, 5) is 11.8. The number of aryl methyl sites for hydroxylation is 1. The van der Waals surface area contributed by atoms with E-state index in [1.54, 1.807) is 0 Å². The van der Waals surface area contributed by atoms with Gasteiger partial charge in [-0.2, -0.15) is 0 Å². The van der Waals surface area contributed by atoms with E-state index < -0.39 is 0 Å². The van der Waals surface area contributed by atoms with E-state index in [0.29, 0.717) is 5.92 Å². The molecule has 0 spiro atoms. The quantitative estimate of drug-likeness (QED) is 0.787. The van der Waals surface area contributed by atoms with Crippen molar-refractivity contribution in [3.8, 4) is 0 Å². The molecule has 1 aromatic heterocycles. The average molecular weight is 206 g/mol. The van der Waals surface area contributed by atoms with Crippen LogP contribution in [-0.2, 0) is 6.54 Å². The molecule has 0 radical (unpaired) electrons. The number of aromatic nitrogens is 1. The van der Waals surface area contributed by atoms with Gasteiger partial charge < -0.3 is 9.88 Å². The van der Waals surface area contributed by atoms with Crippen molar-refractivity contribution in [2.75, 3.05) is 13.1 Å². The number of pyridine rings is 1. The van der Waals surface area contributed by atoms with E-state index in [1.807, 2.05) is 29.8 Å². The molecular weight excluding hydrogens is 188 g/mol. The van der Waals surface area contributed by atoms with Gasteiger partial charge in [-0.25, -0.2) is 0 Å². The number of hydrogen-bond acceptors (Lipinski definition) is 2. The summed E-state index contributed by atoms with van der Waals surface area (Å²) in [5.74, 6) is 0.609. The van der Waals surface area contributed by atoms with Crippen molar-refractivity contribution in [3.05, 3.63) is 34.2 Å². The Kier molecular flexibility index (Phi) is 3.21. The molecule has 1 atom stereocenters. The zero-order chi connectivity index (χ0) is 10.7. The second kappa shape index (κ2) is 4.62. The Labute approximate surface area is 90.1 Å². The number of nitrogens with one attached hydrogen (secondary N) is 1. The molecule has 3 nitrogen and oxygen atoms in total. The van der Waals surface area contributed by atoms with Gasteiger partial charge in [0.25, 0.3) is 5.56 Å². The number of hydrogen-bond donors (Lipinski definition) is 1. The van der Waals surface area contributed by atoms with Gasteiger partial charge in [-0.05, 0) is 44.8 Å². The molecule has 2 heterocycles. The smallest absolute Gasteiger partial charge is 0.253 e. The lowest BCUT2D eigenvalue weighted by Gasteiger charge is -2.23. The zero-order valence-electron chi connectivity index (χ0n) is 9.20. The highest BCUT2D eigenvalue weighted by Gasteiger charge is 2.13. The summed E-state index contributed by atoms with van der Waals surface area (Å²) in [6, 6.07) is 3.82. The third-order valence-electron chi connectivity index (χ3n) is 3.06. The Bertz CT molecular complexity index is 377. The van der Waals surface area contributed by atoms with Crippen LogP contribution in [0.1, 0.15) is 18.4 Å². The first kappa shape index (κ1) is 10.4. The number of piperidine rings is 1. The fourth-order valence-corrected chi connectivity index (χ4v) is 2.16. The van der Waals surface area contributed by atoms with Crippen molar-refractivity contribution in [2.45, 2.75) is 26.3 Å². The van der Waals surface area contributed by atoms with Crippen LogP contribution in [-0.4, -0.2) is 17.7 Å². The van der Waals surface area contributed by atoms with Gasteiger partial charge in [-0.3, -0.25) is 4.79 Å².